The van der Waals surface area contributed by atoms with Crippen LogP contribution in [0.15, 0.2) is 24.5 Å². The van der Waals surface area contributed by atoms with Crippen LogP contribution in [0, 0.1) is 17.2 Å². The van der Waals surface area contributed by atoms with E-state index in [1.54, 1.807) is 12.4 Å². The molecule has 2 rings (SSSR count). The Morgan fingerprint density at radius 3 is 2.58 bits per heavy atom. The van der Waals surface area contributed by atoms with Crippen LogP contribution in [0.1, 0.15) is 31.2 Å². The number of rotatable bonds is 3. The predicted octanol–water partition coefficient (Wildman–Crippen LogP) is 2.16. The summed E-state index contributed by atoms with van der Waals surface area (Å²) in [7, 11) is 1.88. The minimum atomic E-state index is 0.145. The van der Waals surface area contributed by atoms with Crippen LogP contribution >= 0.6 is 0 Å². The lowest BCUT2D eigenvalue weighted by atomic mass is 9.86. The Kier molecular flexibility index (Phi) is 4.51. The monoisotopic (exact) mass is 257 g/mol. The van der Waals surface area contributed by atoms with E-state index in [4.69, 9.17) is 5.26 Å². The molecule has 0 aliphatic heterocycles. The molecule has 1 fully saturated rings. The number of aromatic nitrogens is 1. The topological polar surface area (TPSA) is 57.0 Å². The number of carbonyl (C=O) groups is 1. The number of nitrogens with zero attached hydrogens (tertiary/aromatic N) is 3. The van der Waals surface area contributed by atoms with E-state index < -0.39 is 0 Å². The fourth-order valence-electron chi connectivity index (χ4n) is 2.60. The van der Waals surface area contributed by atoms with Crippen LogP contribution < -0.4 is 0 Å². The Morgan fingerprint density at radius 1 is 1.37 bits per heavy atom. The van der Waals surface area contributed by atoms with Gasteiger partial charge in [0.05, 0.1) is 12.5 Å². The molecule has 0 radical (unpaired) electrons. The quantitative estimate of drug-likeness (QED) is 0.833. The molecule has 0 spiro atoms. The molecule has 1 aromatic heterocycles. The van der Waals surface area contributed by atoms with Gasteiger partial charge in [0.15, 0.2) is 0 Å². The van der Waals surface area contributed by atoms with Crippen molar-refractivity contribution in [3.63, 3.8) is 0 Å². The van der Waals surface area contributed by atoms with E-state index >= 15 is 0 Å². The molecule has 0 unspecified atom stereocenters. The van der Waals surface area contributed by atoms with E-state index in [0.29, 0.717) is 12.5 Å². The number of likely N-dealkylation sites (N-methyl/N-ethyl adjacent to an activating group) is 1. The lowest BCUT2D eigenvalue weighted by Gasteiger charge is -2.32. The first kappa shape index (κ1) is 13.5. The summed E-state index contributed by atoms with van der Waals surface area (Å²) in [4.78, 5) is 18.0. The summed E-state index contributed by atoms with van der Waals surface area (Å²) in [6.45, 7) is 0. The van der Waals surface area contributed by atoms with Gasteiger partial charge < -0.3 is 4.90 Å². The minimum absolute atomic E-state index is 0.145. The van der Waals surface area contributed by atoms with Crippen molar-refractivity contribution in [2.45, 2.75) is 38.1 Å². The average Bonchev–Trinajstić information content (AvgIpc) is 2.47. The highest BCUT2D eigenvalue weighted by Gasteiger charge is 2.26. The molecule has 0 saturated heterocycles. The summed E-state index contributed by atoms with van der Waals surface area (Å²) in [5, 5.41) is 8.88. The Hall–Kier alpha value is -1.89. The maximum absolute atomic E-state index is 12.2. The third-order valence-corrected chi connectivity index (χ3v) is 3.93. The Morgan fingerprint density at radius 2 is 2.00 bits per heavy atom. The zero-order valence-corrected chi connectivity index (χ0v) is 11.2. The second kappa shape index (κ2) is 6.33. The Labute approximate surface area is 114 Å². The van der Waals surface area contributed by atoms with Gasteiger partial charge in [0, 0.05) is 31.4 Å². The molecule has 1 heterocycles. The molecular formula is C15H19N3O. The van der Waals surface area contributed by atoms with Crippen LogP contribution in [-0.2, 0) is 11.2 Å². The van der Waals surface area contributed by atoms with E-state index in [1.807, 2.05) is 24.1 Å². The minimum Gasteiger partial charge on any atom is -0.342 e. The summed E-state index contributed by atoms with van der Waals surface area (Å²) >= 11 is 0. The van der Waals surface area contributed by atoms with Crippen LogP contribution in [0.2, 0.25) is 0 Å². The summed E-state index contributed by atoms with van der Waals surface area (Å²) < 4.78 is 0. The molecular weight excluding hydrogens is 238 g/mol. The van der Waals surface area contributed by atoms with E-state index in [1.165, 1.54) is 0 Å². The first-order chi connectivity index (χ1) is 9.20. The SMILES string of the molecule is CN(C(=O)Cc1ccncc1)C1CCC(C#N)CC1. The zero-order chi connectivity index (χ0) is 13.7. The first-order valence-electron chi connectivity index (χ1n) is 6.75. The van der Waals surface area contributed by atoms with Crippen molar-refractivity contribution in [3.8, 4) is 6.07 Å². The molecule has 4 heteroatoms. The number of hydrogen-bond donors (Lipinski definition) is 0. The van der Waals surface area contributed by atoms with Crippen LogP contribution in [0.4, 0.5) is 0 Å². The van der Waals surface area contributed by atoms with Crippen LogP contribution in [0.5, 0.6) is 0 Å². The standard InChI is InChI=1S/C15H19N3O/c1-18(14-4-2-13(11-16)3-5-14)15(19)10-12-6-8-17-9-7-12/h6-9,13-14H,2-5,10H2,1H3. The molecule has 100 valence electrons. The van der Waals surface area contributed by atoms with Gasteiger partial charge in [0.25, 0.3) is 0 Å². The van der Waals surface area contributed by atoms with Crippen molar-refractivity contribution in [3.05, 3.63) is 30.1 Å². The molecule has 1 aliphatic rings. The van der Waals surface area contributed by atoms with Gasteiger partial charge in [-0.15, -0.1) is 0 Å². The molecule has 0 atom stereocenters. The molecule has 1 amide bonds. The van der Waals surface area contributed by atoms with Crippen molar-refractivity contribution in [1.82, 2.24) is 9.88 Å². The lowest BCUT2D eigenvalue weighted by molar-refractivity contribution is -0.131. The van der Waals surface area contributed by atoms with Crippen LogP contribution in [-0.4, -0.2) is 28.9 Å². The third-order valence-electron chi connectivity index (χ3n) is 3.93. The fraction of sp³-hybridized carbons (Fsp3) is 0.533. The second-order valence-corrected chi connectivity index (χ2v) is 5.17. The van der Waals surface area contributed by atoms with Gasteiger partial charge in [-0.1, -0.05) is 0 Å². The molecule has 19 heavy (non-hydrogen) atoms. The Balaban J connectivity index is 1.88. The first-order valence-corrected chi connectivity index (χ1v) is 6.75. The van der Waals surface area contributed by atoms with Gasteiger partial charge in [-0.3, -0.25) is 9.78 Å². The average molecular weight is 257 g/mol. The molecule has 1 saturated carbocycles. The third kappa shape index (κ3) is 3.54. The van der Waals surface area contributed by atoms with Crippen LogP contribution in [0.25, 0.3) is 0 Å². The smallest absolute Gasteiger partial charge is 0.226 e. The lowest BCUT2D eigenvalue weighted by Crippen LogP contribution is -2.40. The predicted molar refractivity (Wildman–Crippen MR) is 72.1 cm³/mol. The van der Waals surface area contributed by atoms with Gasteiger partial charge >= 0.3 is 0 Å². The summed E-state index contributed by atoms with van der Waals surface area (Å²) in [6, 6.07) is 6.36. The Bertz CT molecular complexity index is 458. The maximum Gasteiger partial charge on any atom is 0.226 e. The number of amides is 1. The van der Waals surface area contributed by atoms with Crippen molar-refractivity contribution in [2.75, 3.05) is 7.05 Å². The molecule has 1 aliphatic carbocycles. The highest BCUT2D eigenvalue weighted by Crippen LogP contribution is 2.26. The van der Waals surface area contributed by atoms with E-state index in [9.17, 15) is 4.79 Å². The zero-order valence-electron chi connectivity index (χ0n) is 11.2. The van der Waals surface area contributed by atoms with Crippen molar-refractivity contribution in [2.24, 2.45) is 5.92 Å². The molecule has 0 aromatic carbocycles. The highest BCUT2D eigenvalue weighted by atomic mass is 16.2. The molecule has 0 bridgehead atoms. The fourth-order valence-corrected chi connectivity index (χ4v) is 2.60. The van der Waals surface area contributed by atoms with E-state index in [-0.39, 0.29) is 11.8 Å². The van der Waals surface area contributed by atoms with Gasteiger partial charge in [-0.2, -0.15) is 5.26 Å². The van der Waals surface area contributed by atoms with Crippen molar-refractivity contribution >= 4 is 5.91 Å². The van der Waals surface area contributed by atoms with Crippen LogP contribution in [0.3, 0.4) is 0 Å². The van der Waals surface area contributed by atoms with Gasteiger partial charge in [-0.25, -0.2) is 0 Å². The number of pyridine rings is 1. The van der Waals surface area contributed by atoms with Gasteiger partial charge in [0.1, 0.15) is 0 Å². The van der Waals surface area contributed by atoms with E-state index in [0.717, 1.165) is 31.2 Å². The van der Waals surface area contributed by atoms with Crippen molar-refractivity contribution in [1.29, 1.82) is 5.26 Å². The largest absolute Gasteiger partial charge is 0.342 e. The van der Waals surface area contributed by atoms with Crippen molar-refractivity contribution < 1.29 is 4.79 Å². The van der Waals surface area contributed by atoms with Gasteiger partial charge in [0.2, 0.25) is 5.91 Å². The molecule has 0 N–H and O–H groups in total. The highest BCUT2D eigenvalue weighted by molar-refractivity contribution is 5.78. The number of carbonyl (C=O) groups excluding carboxylic acids is 1. The summed E-state index contributed by atoms with van der Waals surface area (Å²) in [6.07, 6.45) is 7.55. The van der Waals surface area contributed by atoms with Gasteiger partial charge in [-0.05, 0) is 43.4 Å². The number of hydrogen-bond acceptors (Lipinski definition) is 3. The van der Waals surface area contributed by atoms with E-state index in [2.05, 4.69) is 11.1 Å². The summed E-state index contributed by atoms with van der Waals surface area (Å²) in [5.74, 6) is 0.326. The number of nitriles is 1. The maximum atomic E-state index is 12.2. The second-order valence-electron chi connectivity index (χ2n) is 5.17. The summed E-state index contributed by atoms with van der Waals surface area (Å²) in [5.41, 5.74) is 0.998. The molecule has 1 aromatic rings. The normalized spacial score (nSPS) is 22.5. The molecule has 4 nitrogen and oxygen atoms in total.